The lowest BCUT2D eigenvalue weighted by atomic mass is 10.2. The molecule has 0 aliphatic carbocycles. The minimum absolute atomic E-state index is 0.0829. The van der Waals surface area contributed by atoms with Crippen molar-refractivity contribution in [3.8, 4) is 11.5 Å². The van der Waals surface area contributed by atoms with E-state index < -0.39 is 22.0 Å². The molecular formula is C20H23ClN2O5S. The molecule has 1 heterocycles. The Morgan fingerprint density at radius 2 is 1.97 bits per heavy atom. The van der Waals surface area contributed by atoms with Gasteiger partial charge < -0.3 is 14.8 Å². The predicted octanol–water partition coefficient (Wildman–Crippen LogP) is 2.97. The maximum atomic E-state index is 12.6. The Hall–Kier alpha value is -2.45. The molecule has 7 nitrogen and oxygen atoms in total. The normalized spacial score (nSPS) is 16.2. The molecule has 0 aromatic heterocycles. The van der Waals surface area contributed by atoms with E-state index in [2.05, 4.69) is 5.32 Å². The van der Waals surface area contributed by atoms with Crippen molar-refractivity contribution in [2.45, 2.75) is 32.6 Å². The van der Waals surface area contributed by atoms with Crippen molar-refractivity contribution in [2.24, 2.45) is 0 Å². The van der Waals surface area contributed by atoms with Gasteiger partial charge in [-0.1, -0.05) is 23.7 Å². The van der Waals surface area contributed by atoms with Crippen LogP contribution in [0.15, 0.2) is 42.5 Å². The number of hydrogen-bond acceptors (Lipinski definition) is 5. The Morgan fingerprint density at radius 1 is 1.28 bits per heavy atom. The molecule has 0 radical (unpaired) electrons. The maximum Gasteiger partial charge on any atom is 0.263 e. The van der Waals surface area contributed by atoms with E-state index in [-0.39, 0.29) is 19.2 Å². The number of nitrogens with zero attached hydrogens (tertiary/aromatic N) is 1. The van der Waals surface area contributed by atoms with E-state index in [1.165, 1.54) is 6.07 Å². The monoisotopic (exact) mass is 438 g/mol. The molecule has 1 aliphatic rings. The summed E-state index contributed by atoms with van der Waals surface area (Å²) in [4.78, 5) is 12.6. The fraction of sp³-hybridized carbons (Fsp3) is 0.350. The van der Waals surface area contributed by atoms with Crippen molar-refractivity contribution >= 4 is 33.2 Å². The van der Waals surface area contributed by atoms with Crippen molar-refractivity contribution in [3.63, 3.8) is 0 Å². The fourth-order valence-electron chi connectivity index (χ4n) is 2.94. The second-order valence-corrected chi connectivity index (χ2v) is 9.38. The number of nitrogens with one attached hydrogen (secondary N) is 1. The molecule has 2 aromatic carbocycles. The van der Waals surface area contributed by atoms with Crippen LogP contribution in [-0.2, 0) is 21.4 Å². The average molecular weight is 439 g/mol. The molecule has 156 valence electrons. The molecule has 0 unspecified atom stereocenters. The lowest BCUT2D eigenvalue weighted by molar-refractivity contribution is -0.127. The first kappa shape index (κ1) is 21.3. The summed E-state index contributed by atoms with van der Waals surface area (Å²) in [5, 5.41) is 3.17. The van der Waals surface area contributed by atoms with Gasteiger partial charge in [-0.25, -0.2) is 8.42 Å². The third kappa shape index (κ3) is 5.33. The number of amides is 1. The predicted molar refractivity (Wildman–Crippen MR) is 112 cm³/mol. The van der Waals surface area contributed by atoms with Gasteiger partial charge in [0.05, 0.1) is 24.6 Å². The zero-order chi connectivity index (χ0) is 21.2. The smallest absolute Gasteiger partial charge is 0.263 e. The number of benzene rings is 2. The Bertz CT molecular complexity index is 992. The molecular weight excluding hydrogens is 416 g/mol. The summed E-state index contributed by atoms with van der Waals surface area (Å²) in [6, 6.07) is 12.0. The van der Waals surface area contributed by atoms with Gasteiger partial charge >= 0.3 is 0 Å². The highest BCUT2D eigenvalue weighted by molar-refractivity contribution is 7.92. The molecule has 0 saturated heterocycles. The molecule has 3 rings (SSSR count). The zero-order valence-corrected chi connectivity index (χ0v) is 18.0. The summed E-state index contributed by atoms with van der Waals surface area (Å²) >= 11 is 5.98. The standard InChI is InChI=1S/C20H23ClN2O5S/c1-13(2)27-16-7-4-14(5-8-16)11-22-20(24)19-12-23(29(3,25)26)17-10-15(21)6-9-18(17)28-19/h4-10,13,19H,11-12H2,1-3H3,(H,22,24)/t19-/m1/s1. The molecule has 0 spiro atoms. The van der Waals surface area contributed by atoms with E-state index in [4.69, 9.17) is 21.1 Å². The molecule has 2 aromatic rings. The van der Waals surface area contributed by atoms with E-state index in [9.17, 15) is 13.2 Å². The summed E-state index contributed by atoms with van der Waals surface area (Å²) < 4.78 is 36.9. The van der Waals surface area contributed by atoms with E-state index >= 15 is 0 Å². The number of fused-ring (bicyclic) bond motifs is 1. The molecule has 0 fully saturated rings. The second kappa shape index (κ2) is 8.51. The van der Waals surface area contributed by atoms with Crippen molar-refractivity contribution < 1.29 is 22.7 Å². The maximum absolute atomic E-state index is 12.6. The van der Waals surface area contributed by atoms with Crippen LogP contribution in [-0.4, -0.2) is 39.3 Å². The summed E-state index contributed by atoms with van der Waals surface area (Å²) in [6.07, 6.45) is 0.195. The highest BCUT2D eigenvalue weighted by Gasteiger charge is 2.35. The van der Waals surface area contributed by atoms with E-state index in [1.807, 2.05) is 38.1 Å². The molecule has 1 amide bonds. The van der Waals surface area contributed by atoms with Crippen molar-refractivity contribution in [2.75, 3.05) is 17.1 Å². The zero-order valence-electron chi connectivity index (χ0n) is 16.4. The average Bonchev–Trinajstić information content (AvgIpc) is 2.65. The van der Waals surface area contributed by atoms with E-state index in [0.717, 1.165) is 21.9 Å². The fourth-order valence-corrected chi connectivity index (χ4v) is 4.01. The third-order valence-corrected chi connectivity index (χ3v) is 5.63. The summed E-state index contributed by atoms with van der Waals surface area (Å²) in [5.41, 5.74) is 1.21. The van der Waals surface area contributed by atoms with E-state index in [0.29, 0.717) is 16.5 Å². The van der Waals surface area contributed by atoms with Crippen molar-refractivity contribution in [1.29, 1.82) is 0 Å². The number of halogens is 1. The molecule has 1 atom stereocenters. The first-order valence-electron chi connectivity index (χ1n) is 9.10. The molecule has 0 saturated carbocycles. The van der Waals surface area contributed by atoms with Crippen LogP contribution in [0.2, 0.25) is 5.02 Å². The number of anilines is 1. The van der Waals surface area contributed by atoms with Gasteiger partial charge in [0, 0.05) is 11.6 Å². The molecule has 9 heteroatoms. The van der Waals surface area contributed by atoms with Gasteiger partial charge in [0.15, 0.2) is 6.10 Å². The first-order valence-corrected chi connectivity index (χ1v) is 11.3. The number of carbonyl (C=O) groups is 1. The highest BCUT2D eigenvalue weighted by atomic mass is 35.5. The van der Waals surface area contributed by atoms with E-state index in [1.54, 1.807) is 12.1 Å². The minimum atomic E-state index is -3.60. The molecule has 1 aliphatic heterocycles. The lowest BCUT2D eigenvalue weighted by Crippen LogP contribution is -2.50. The van der Waals surface area contributed by atoms with Gasteiger partial charge in [-0.15, -0.1) is 0 Å². The van der Waals surface area contributed by atoms with Crippen molar-refractivity contribution in [3.05, 3.63) is 53.1 Å². The van der Waals surface area contributed by atoms with Gasteiger partial charge in [-0.3, -0.25) is 9.10 Å². The Kier molecular flexibility index (Phi) is 6.24. The number of carbonyl (C=O) groups excluding carboxylic acids is 1. The summed E-state index contributed by atoms with van der Waals surface area (Å²) in [7, 11) is -3.60. The van der Waals surface area contributed by atoms with Crippen LogP contribution in [0, 0.1) is 0 Å². The van der Waals surface area contributed by atoms with Crippen LogP contribution < -0.4 is 19.1 Å². The topological polar surface area (TPSA) is 84.9 Å². The van der Waals surface area contributed by atoms with Gasteiger partial charge in [0.25, 0.3) is 5.91 Å². The second-order valence-electron chi connectivity index (χ2n) is 7.04. The number of hydrogen-bond donors (Lipinski definition) is 1. The number of ether oxygens (including phenoxy) is 2. The first-order chi connectivity index (χ1) is 13.6. The van der Waals surface area contributed by atoms with Crippen LogP contribution in [0.4, 0.5) is 5.69 Å². The highest BCUT2D eigenvalue weighted by Crippen LogP contribution is 2.37. The Morgan fingerprint density at radius 3 is 2.59 bits per heavy atom. The van der Waals surface area contributed by atoms with Crippen LogP contribution >= 0.6 is 11.6 Å². The van der Waals surface area contributed by atoms with Crippen LogP contribution in [0.5, 0.6) is 11.5 Å². The summed E-state index contributed by atoms with van der Waals surface area (Å²) in [5.74, 6) is 0.646. The van der Waals surface area contributed by atoms with Crippen LogP contribution in [0.25, 0.3) is 0 Å². The Balaban J connectivity index is 1.69. The molecule has 0 bridgehead atoms. The SMILES string of the molecule is CC(C)Oc1ccc(CNC(=O)[C@H]2CN(S(C)(=O)=O)c3cc(Cl)ccc3O2)cc1. The minimum Gasteiger partial charge on any atom is -0.491 e. The molecule has 1 N–H and O–H groups in total. The van der Waals surface area contributed by atoms with Gasteiger partial charge in [0.2, 0.25) is 10.0 Å². The largest absolute Gasteiger partial charge is 0.491 e. The molecule has 29 heavy (non-hydrogen) atoms. The van der Waals surface area contributed by atoms with Crippen molar-refractivity contribution in [1.82, 2.24) is 5.32 Å². The summed E-state index contributed by atoms with van der Waals surface area (Å²) in [6.45, 7) is 4.06. The van der Waals surface area contributed by atoms with Crippen LogP contribution in [0.3, 0.4) is 0 Å². The Labute approximate surface area is 175 Å². The third-order valence-electron chi connectivity index (χ3n) is 4.25. The number of rotatable bonds is 6. The van der Waals surface area contributed by atoms with Gasteiger partial charge in [-0.05, 0) is 49.7 Å². The quantitative estimate of drug-likeness (QED) is 0.749. The van der Waals surface area contributed by atoms with Crippen LogP contribution in [0.1, 0.15) is 19.4 Å². The number of sulfonamides is 1. The lowest BCUT2D eigenvalue weighted by Gasteiger charge is -2.34. The van der Waals surface area contributed by atoms with Gasteiger partial charge in [0.1, 0.15) is 11.5 Å². The van der Waals surface area contributed by atoms with Gasteiger partial charge in [-0.2, -0.15) is 0 Å².